The van der Waals surface area contributed by atoms with Crippen molar-refractivity contribution >= 4 is 0 Å². The molecule has 0 aromatic rings. The molecule has 11 heavy (non-hydrogen) atoms. The molecule has 1 unspecified atom stereocenters. The van der Waals surface area contributed by atoms with Crippen LogP contribution in [0.3, 0.4) is 0 Å². The van der Waals surface area contributed by atoms with Gasteiger partial charge in [0, 0.05) is 7.05 Å². The molecule has 1 atom stereocenters. The number of hydrogen-bond acceptors (Lipinski definition) is 1. The number of hydrogen-bond donors (Lipinski definition) is 0. The Morgan fingerprint density at radius 1 is 1.55 bits per heavy atom. The van der Waals surface area contributed by atoms with E-state index in [1.807, 2.05) is 0 Å². The molecule has 0 aromatic carbocycles. The van der Waals surface area contributed by atoms with Gasteiger partial charge in [0.25, 0.3) is 0 Å². The number of unbranched alkanes of at least 4 members (excludes halogenated alkanes) is 1. The zero-order valence-corrected chi connectivity index (χ0v) is 7.88. The molecular formula is C9H19N2+. The summed E-state index contributed by atoms with van der Waals surface area (Å²) < 4.78 is 1.09. The molecule has 0 fully saturated rings. The number of nitrogens with zero attached hydrogens (tertiary/aromatic N) is 2. The molecule has 0 N–H and O–H groups in total. The first-order chi connectivity index (χ1) is 5.16. The van der Waals surface area contributed by atoms with E-state index in [1.54, 1.807) is 0 Å². The summed E-state index contributed by atoms with van der Waals surface area (Å²) in [6.07, 6.45) is 7.09. The fourth-order valence-corrected chi connectivity index (χ4v) is 1.54. The lowest BCUT2D eigenvalue weighted by Gasteiger charge is -2.27. The van der Waals surface area contributed by atoms with Gasteiger partial charge in [0.2, 0.25) is 0 Å². The monoisotopic (exact) mass is 155 g/mol. The molecule has 0 saturated heterocycles. The molecule has 1 rings (SSSR count). The highest BCUT2D eigenvalue weighted by Gasteiger charge is 2.23. The summed E-state index contributed by atoms with van der Waals surface area (Å²) in [5, 5.41) is 0. The standard InChI is InChI=1S/C9H19N2/c1-4-5-7-11(3)8-6-10(2)9-11/h6,8H,4-5,7,9H2,1-3H3/q+1. The SMILES string of the molecule is CCCC[N+]1(C)C=CN(C)C1. The van der Waals surface area contributed by atoms with Crippen LogP contribution in [-0.4, -0.2) is 36.7 Å². The van der Waals surface area contributed by atoms with E-state index in [0.29, 0.717) is 0 Å². The Kier molecular flexibility index (Phi) is 2.55. The van der Waals surface area contributed by atoms with Gasteiger partial charge in [0.1, 0.15) is 6.20 Å². The average molecular weight is 155 g/mol. The van der Waals surface area contributed by atoms with Gasteiger partial charge in [-0.15, -0.1) is 0 Å². The maximum atomic E-state index is 2.29. The molecule has 1 aliphatic heterocycles. The van der Waals surface area contributed by atoms with Crippen LogP contribution in [0.25, 0.3) is 0 Å². The lowest BCUT2D eigenvalue weighted by molar-refractivity contribution is -0.861. The highest BCUT2D eigenvalue weighted by Crippen LogP contribution is 2.14. The number of rotatable bonds is 3. The van der Waals surface area contributed by atoms with Crippen molar-refractivity contribution in [2.75, 3.05) is 27.3 Å². The fraction of sp³-hybridized carbons (Fsp3) is 0.778. The zero-order valence-electron chi connectivity index (χ0n) is 7.88. The quantitative estimate of drug-likeness (QED) is 0.560. The van der Waals surface area contributed by atoms with Crippen LogP contribution in [0.4, 0.5) is 0 Å². The van der Waals surface area contributed by atoms with E-state index in [-0.39, 0.29) is 0 Å². The Morgan fingerprint density at radius 3 is 2.73 bits per heavy atom. The second-order valence-electron chi connectivity index (χ2n) is 3.75. The van der Waals surface area contributed by atoms with Crippen LogP contribution in [0.15, 0.2) is 12.4 Å². The van der Waals surface area contributed by atoms with Gasteiger partial charge in [0.05, 0.1) is 19.8 Å². The van der Waals surface area contributed by atoms with Gasteiger partial charge < -0.3 is 4.90 Å². The summed E-state index contributed by atoms with van der Waals surface area (Å²) in [6.45, 7) is 4.66. The highest BCUT2D eigenvalue weighted by atomic mass is 15.4. The molecule has 2 heteroatoms. The molecule has 1 heterocycles. The summed E-state index contributed by atoms with van der Waals surface area (Å²) in [4.78, 5) is 2.25. The Bertz CT molecular complexity index is 154. The molecule has 0 radical (unpaired) electrons. The third kappa shape index (κ3) is 2.22. The molecule has 0 amide bonds. The average Bonchev–Trinajstić information content (AvgIpc) is 2.28. The summed E-state index contributed by atoms with van der Waals surface area (Å²) in [5.41, 5.74) is 0. The summed E-state index contributed by atoms with van der Waals surface area (Å²) in [7, 11) is 4.42. The minimum Gasteiger partial charge on any atom is -0.329 e. The third-order valence-corrected chi connectivity index (χ3v) is 2.25. The van der Waals surface area contributed by atoms with Crippen molar-refractivity contribution in [2.24, 2.45) is 0 Å². The van der Waals surface area contributed by atoms with Crippen LogP contribution in [0.1, 0.15) is 19.8 Å². The highest BCUT2D eigenvalue weighted by molar-refractivity contribution is 4.78. The predicted molar refractivity (Wildman–Crippen MR) is 47.7 cm³/mol. The van der Waals surface area contributed by atoms with Crippen molar-refractivity contribution in [3.8, 4) is 0 Å². The maximum absolute atomic E-state index is 2.29. The summed E-state index contributed by atoms with van der Waals surface area (Å²) in [5.74, 6) is 0. The van der Waals surface area contributed by atoms with Crippen molar-refractivity contribution in [1.29, 1.82) is 0 Å². The van der Waals surface area contributed by atoms with Crippen LogP contribution >= 0.6 is 0 Å². The predicted octanol–water partition coefficient (Wildman–Crippen LogP) is 1.61. The van der Waals surface area contributed by atoms with E-state index in [0.717, 1.165) is 11.2 Å². The van der Waals surface area contributed by atoms with Crippen molar-refractivity contribution in [2.45, 2.75) is 19.8 Å². The van der Waals surface area contributed by atoms with Crippen molar-refractivity contribution in [3.05, 3.63) is 12.4 Å². The Morgan fingerprint density at radius 2 is 2.27 bits per heavy atom. The zero-order chi connectivity index (χ0) is 8.32. The van der Waals surface area contributed by atoms with Gasteiger partial charge >= 0.3 is 0 Å². The largest absolute Gasteiger partial charge is 0.329 e. The molecule has 0 spiro atoms. The molecule has 64 valence electrons. The Hall–Kier alpha value is -0.500. The molecule has 0 saturated carbocycles. The van der Waals surface area contributed by atoms with Gasteiger partial charge in [0.15, 0.2) is 6.67 Å². The van der Waals surface area contributed by atoms with E-state index in [4.69, 9.17) is 0 Å². The van der Waals surface area contributed by atoms with Crippen molar-refractivity contribution < 1.29 is 4.48 Å². The Balaban J connectivity index is 2.37. The summed E-state index contributed by atoms with van der Waals surface area (Å²) >= 11 is 0. The Labute approximate surface area is 69.7 Å². The van der Waals surface area contributed by atoms with Gasteiger partial charge in [-0.1, -0.05) is 13.3 Å². The van der Waals surface area contributed by atoms with Crippen molar-refractivity contribution in [3.63, 3.8) is 0 Å². The first-order valence-corrected chi connectivity index (χ1v) is 4.40. The second-order valence-corrected chi connectivity index (χ2v) is 3.75. The molecule has 0 bridgehead atoms. The normalized spacial score (nSPS) is 29.9. The van der Waals surface area contributed by atoms with E-state index in [9.17, 15) is 0 Å². The lowest BCUT2D eigenvalue weighted by Crippen LogP contribution is -2.40. The third-order valence-electron chi connectivity index (χ3n) is 2.25. The summed E-state index contributed by atoms with van der Waals surface area (Å²) in [6, 6.07) is 0. The number of quaternary nitrogens is 1. The van der Waals surface area contributed by atoms with Gasteiger partial charge in [-0.25, -0.2) is 0 Å². The molecule has 0 aromatic heterocycles. The molecule has 1 aliphatic rings. The first-order valence-electron chi connectivity index (χ1n) is 4.40. The topological polar surface area (TPSA) is 3.24 Å². The van der Waals surface area contributed by atoms with Crippen LogP contribution in [0, 0.1) is 0 Å². The maximum Gasteiger partial charge on any atom is 0.158 e. The molecule has 0 aliphatic carbocycles. The van der Waals surface area contributed by atoms with Crippen molar-refractivity contribution in [1.82, 2.24) is 4.90 Å². The minimum absolute atomic E-state index is 1.09. The van der Waals surface area contributed by atoms with Crippen LogP contribution in [0.5, 0.6) is 0 Å². The van der Waals surface area contributed by atoms with Crippen LogP contribution in [0.2, 0.25) is 0 Å². The molecular weight excluding hydrogens is 136 g/mol. The van der Waals surface area contributed by atoms with Gasteiger partial charge in [-0.2, -0.15) is 0 Å². The second kappa shape index (κ2) is 3.26. The first kappa shape index (κ1) is 8.60. The smallest absolute Gasteiger partial charge is 0.158 e. The minimum atomic E-state index is 1.09. The van der Waals surface area contributed by atoms with Gasteiger partial charge in [-0.3, -0.25) is 4.48 Å². The van der Waals surface area contributed by atoms with E-state index >= 15 is 0 Å². The van der Waals surface area contributed by atoms with E-state index in [2.05, 4.69) is 38.3 Å². The van der Waals surface area contributed by atoms with E-state index in [1.165, 1.54) is 19.4 Å². The lowest BCUT2D eigenvalue weighted by atomic mass is 10.3. The van der Waals surface area contributed by atoms with Gasteiger partial charge in [-0.05, 0) is 6.42 Å². The molecule has 2 nitrogen and oxygen atoms in total. The van der Waals surface area contributed by atoms with Crippen LogP contribution < -0.4 is 0 Å². The van der Waals surface area contributed by atoms with Crippen LogP contribution in [-0.2, 0) is 0 Å². The fourth-order valence-electron chi connectivity index (χ4n) is 1.54. The van der Waals surface area contributed by atoms with E-state index < -0.39 is 0 Å².